The number of rotatable bonds is 4. The van der Waals surface area contributed by atoms with Crippen molar-refractivity contribution in [3.63, 3.8) is 0 Å². The SMILES string of the molecule is N=C(/C=C/c1cccc(F)c1)c1cc(C(=O)O)c(F)cc1N. The van der Waals surface area contributed by atoms with Crippen molar-refractivity contribution < 1.29 is 18.7 Å². The molecule has 0 unspecified atom stereocenters. The second-order valence-corrected chi connectivity index (χ2v) is 4.53. The van der Waals surface area contributed by atoms with Gasteiger partial charge in [-0.25, -0.2) is 13.6 Å². The number of halogens is 2. The van der Waals surface area contributed by atoms with Crippen molar-refractivity contribution >= 4 is 23.4 Å². The van der Waals surface area contributed by atoms with E-state index >= 15 is 0 Å². The lowest BCUT2D eigenvalue weighted by atomic mass is 10.0. The molecule has 0 atom stereocenters. The van der Waals surface area contributed by atoms with Crippen LogP contribution in [0.5, 0.6) is 0 Å². The third-order valence-electron chi connectivity index (χ3n) is 2.95. The smallest absolute Gasteiger partial charge is 0.338 e. The molecule has 0 fully saturated rings. The Kier molecular flexibility index (Phi) is 4.31. The Morgan fingerprint density at radius 1 is 1.18 bits per heavy atom. The fourth-order valence-electron chi connectivity index (χ4n) is 1.87. The highest BCUT2D eigenvalue weighted by Crippen LogP contribution is 2.19. The number of allylic oxidation sites excluding steroid dienone is 1. The summed E-state index contributed by atoms with van der Waals surface area (Å²) in [7, 11) is 0. The molecule has 0 aromatic heterocycles. The zero-order valence-corrected chi connectivity index (χ0v) is 11.3. The van der Waals surface area contributed by atoms with Gasteiger partial charge in [-0.1, -0.05) is 18.2 Å². The van der Waals surface area contributed by atoms with E-state index in [1.54, 1.807) is 6.07 Å². The van der Waals surface area contributed by atoms with Gasteiger partial charge in [-0.05, 0) is 35.9 Å². The second-order valence-electron chi connectivity index (χ2n) is 4.53. The molecule has 0 bridgehead atoms. The van der Waals surface area contributed by atoms with E-state index in [-0.39, 0.29) is 17.0 Å². The van der Waals surface area contributed by atoms with Crippen molar-refractivity contribution in [2.45, 2.75) is 0 Å². The van der Waals surface area contributed by atoms with E-state index < -0.39 is 23.2 Å². The molecule has 0 aliphatic rings. The molecule has 2 aromatic rings. The van der Waals surface area contributed by atoms with E-state index in [1.807, 2.05) is 0 Å². The molecule has 0 radical (unpaired) electrons. The first-order valence-corrected chi connectivity index (χ1v) is 6.23. The zero-order valence-electron chi connectivity index (χ0n) is 11.3. The Balaban J connectivity index is 2.33. The minimum atomic E-state index is -1.44. The minimum absolute atomic E-state index is 0.0450. The van der Waals surface area contributed by atoms with Crippen molar-refractivity contribution in [2.24, 2.45) is 0 Å². The molecular weight excluding hydrogens is 290 g/mol. The number of carbonyl (C=O) groups is 1. The first-order valence-electron chi connectivity index (χ1n) is 6.23. The number of nitrogen functional groups attached to an aromatic ring is 1. The fraction of sp³-hybridized carbons (Fsp3) is 0. The molecule has 0 saturated heterocycles. The number of hydrogen-bond acceptors (Lipinski definition) is 3. The monoisotopic (exact) mass is 302 g/mol. The number of nitrogens with two attached hydrogens (primary N) is 1. The van der Waals surface area contributed by atoms with Crippen LogP contribution in [0.25, 0.3) is 6.08 Å². The van der Waals surface area contributed by atoms with Crippen molar-refractivity contribution in [1.82, 2.24) is 0 Å². The Hall–Kier alpha value is -3.02. The van der Waals surface area contributed by atoms with Gasteiger partial charge in [-0.3, -0.25) is 0 Å². The highest BCUT2D eigenvalue weighted by atomic mass is 19.1. The van der Waals surface area contributed by atoms with Gasteiger partial charge in [-0.15, -0.1) is 0 Å². The minimum Gasteiger partial charge on any atom is -0.478 e. The molecule has 22 heavy (non-hydrogen) atoms. The average Bonchev–Trinajstić information content (AvgIpc) is 2.44. The lowest BCUT2D eigenvalue weighted by molar-refractivity contribution is 0.0692. The van der Waals surface area contributed by atoms with E-state index in [4.69, 9.17) is 16.2 Å². The summed E-state index contributed by atoms with van der Waals surface area (Å²) >= 11 is 0. The lowest BCUT2D eigenvalue weighted by Crippen LogP contribution is -2.08. The highest BCUT2D eigenvalue weighted by Gasteiger charge is 2.15. The molecular formula is C16H12F2N2O2. The summed E-state index contributed by atoms with van der Waals surface area (Å²) in [4.78, 5) is 10.9. The highest BCUT2D eigenvalue weighted by molar-refractivity contribution is 6.12. The number of aromatic carboxylic acids is 1. The van der Waals surface area contributed by atoms with Gasteiger partial charge in [0, 0.05) is 11.3 Å². The van der Waals surface area contributed by atoms with Crippen molar-refractivity contribution in [3.8, 4) is 0 Å². The van der Waals surface area contributed by atoms with Crippen LogP contribution in [0.1, 0.15) is 21.5 Å². The molecule has 2 rings (SSSR count). The molecule has 0 saturated carbocycles. The Labute approximate surface area is 125 Å². The molecule has 0 amide bonds. The number of carboxylic acid groups (broad SMARTS) is 1. The van der Waals surface area contributed by atoms with Crippen molar-refractivity contribution in [3.05, 3.63) is 70.8 Å². The van der Waals surface area contributed by atoms with Crippen LogP contribution in [0.2, 0.25) is 0 Å². The molecule has 4 N–H and O–H groups in total. The number of hydrogen-bond donors (Lipinski definition) is 3. The van der Waals surface area contributed by atoms with Crippen molar-refractivity contribution in [2.75, 3.05) is 5.73 Å². The van der Waals surface area contributed by atoms with Gasteiger partial charge in [0.05, 0.1) is 11.3 Å². The standard InChI is InChI=1S/C16H12F2N2O2/c17-10-3-1-2-9(6-10)4-5-14(19)12-7-11(16(21)22)13(18)8-15(12)20/h1-8,19H,20H2,(H,21,22)/b5-4+,19-14?. The summed E-state index contributed by atoms with van der Waals surface area (Å²) in [6.45, 7) is 0. The first kappa shape index (κ1) is 15.4. The Morgan fingerprint density at radius 3 is 2.55 bits per heavy atom. The van der Waals surface area contributed by atoms with Crippen LogP contribution in [-0.4, -0.2) is 16.8 Å². The molecule has 0 aliphatic heterocycles. The number of benzene rings is 2. The van der Waals surface area contributed by atoms with Crippen LogP contribution in [0.15, 0.2) is 42.5 Å². The topological polar surface area (TPSA) is 87.2 Å². The maximum atomic E-state index is 13.4. The number of nitrogens with one attached hydrogen (secondary N) is 1. The van der Waals surface area contributed by atoms with Gasteiger partial charge in [0.2, 0.25) is 0 Å². The fourth-order valence-corrected chi connectivity index (χ4v) is 1.87. The van der Waals surface area contributed by atoms with Crippen LogP contribution in [0.4, 0.5) is 14.5 Å². The van der Waals surface area contributed by atoms with E-state index in [2.05, 4.69) is 0 Å². The van der Waals surface area contributed by atoms with Gasteiger partial charge in [-0.2, -0.15) is 0 Å². The summed E-state index contributed by atoms with van der Waals surface area (Å²) in [6, 6.07) is 7.60. The molecule has 112 valence electrons. The largest absolute Gasteiger partial charge is 0.478 e. The summed E-state index contributed by atoms with van der Waals surface area (Å²) < 4.78 is 26.5. The first-order chi connectivity index (χ1) is 10.4. The van der Waals surface area contributed by atoms with Gasteiger partial charge in [0.1, 0.15) is 11.6 Å². The van der Waals surface area contributed by atoms with Gasteiger partial charge < -0.3 is 16.2 Å². The van der Waals surface area contributed by atoms with Gasteiger partial charge in [0.25, 0.3) is 0 Å². The van der Waals surface area contributed by atoms with Crippen LogP contribution in [0, 0.1) is 17.0 Å². The van der Waals surface area contributed by atoms with Crippen LogP contribution < -0.4 is 5.73 Å². The second kappa shape index (κ2) is 6.17. The molecule has 0 spiro atoms. The Bertz CT molecular complexity index is 786. The zero-order chi connectivity index (χ0) is 16.3. The summed E-state index contributed by atoms with van der Waals surface area (Å²) in [5.74, 6) is -2.82. The lowest BCUT2D eigenvalue weighted by Gasteiger charge is -2.07. The summed E-state index contributed by atoms with van der Waals surface area (Å²) in [6.07, 6.45) is 2.82. The third-order valence-corrected chi connectivity index (χ3v) is 2.95. The summed E-state index contributed by atoms with van der Waals surface area (Å²) in [5.41, 5.74) is 5.52. The molecule has 0 aliphatic carbocycles. The van der Waals surface area contributed by atoms with E-state index in [9.17, 15) is 13.6 Å². The quantitative estimate of drug-likeness (QED) is 0.598. The van der Waals surface area contributed by atoms with Gasteiger partial charge in [0.15, 0.2) is 0 Å². The normalized spacial score (nSPS) is 10.8. The summed E-state index contributed by atoms with van der Waals surface area (Å²) in [5, 5.41) is 16.8. The van der Waals surface area contributed by atoms with Crippen molar-refractivity contribution in [1.29, 1.82) is 5.41 Å². The number of carboxylic acids is 1. The Morgan fingerprint density at radius 2 is 1.91 bits per heavy atom. The van der Waals surface area contributed by atoms with E-state index in [0.29, 0.717) is 5.56 Å². The average molecular weight is 302 g/mol. The maximum Gasteiger partial charge on any atom is 0.338 e. The maximum absolute atomic E-state index is 13.4. The van der Waals surface area contributed by atoms with Gasteiger partial charge >= 0.3 is 5.97 Å². The molecule has 6 heteroatoms. The molecule has 4 nitrogen and oxygen atoms in total. The van der Waals surface area contributed by atoms with E-state index in [1.165, 1.54) is 30.4 Å². The molecule has 0 heterocycles. The van der Waals surface area contributed by atoms with Crippen LogP contribution in [0.3, 0.4) is 0 Å². The predicted molar refractivity (Wildman–Crippen MR) is 80.0 cm³/mol. The van der Waals surface area contributed by atoms with Crippen LogP contribution >= 0.6 is 0 Å². The van der Waals surface area contributed by atoms with Crippen LogP contribution in [-0.2, 0) is 0 Å². The third kappa shape index (κ3) is 3.35. The predicted octanol–water partition coefficient (Wildman–Crippen LogP) is 3.33. The van der Waals surface area contributed by atoms with E-state index in [0.717, 1.165) is 12.1 Å². The number of anilines is 1. The molecule has 2 aromatic carbocycles.